The summed E-state index contributed by atoms with van der Waals surface area (Å²) < 4.78 is 0. The molecule has 0 radical (unpaired) electrons. The molecule has 0 saturated heterocycles. The molecule has 0 heterocycles. The van der Waals surface area contributed by atoms with Gasteiger partial charge in [-0.1, -0.05) is 42.8 Å². The van der Waals surface area contributed by atoms with Crippen LogP contribution in [0.1, 0.15) is 22.8 Å². The quantitative estimate of drug-likeness (QED) is 0.577. The minimum Gasteiger partial charge on any atom is -0.366 e. The molecule has 25 heavy (non-hydrogen) atoms. The number of carbonyl (C=O) groups excluding carboxylic acids is 1. The molecule has 0 spiro atoms. The fourth-order valence-corrected chi connectivity index (χ4v) is 3.26. The Morgan fingerprint density at radius 2 is 1.56 bits per heavy atom. The molecular formula is C21H18ClNOS. The van der Waals surface area contributed by atoms with E-state index in [1.807, 2.05) is 61.5 Å². The first-order valence-corrected chi connectivity index (χ1v) is 8.84. The van der Waals surface area contributed by atoms with Crippen molar-refractivity contribution in [3.63, 3.8) is 0 Å². The van der Waals surface area contributed by atoms with Crippen LogP contribution in [-0.2, 0) is 6.42 Å². The Kier molecular flexibility index (Phi) is 5.16. The molecule has 3 rings (SSSR count). The van der Waals surface area contributed by atoms with Crippen molar-refractivity contribution in [1.29, 1.82) is 0 Å². The molecule has 0 aliphatic carbocycles. The average Bonchev–Trinajstić information content (AvgIpc) is 2.62. The summed E-state index contributed by atoms with van der Waals surface area (Å²) in [5, 5.41) is 0.675. The third-order valence-electron chi connectivity index (χ3n) is 4.22. The summed E-state index contributed by atoms with van der Waals surface area (Å²) in [7, 11) is 0. The van der Waals surface area contributed by atoms with Gasteiger partial charge in [-0.25, -0.2) is 0 Å². The van der Waals surface area contributed by atoms with Crippen LogP contribution >= 0.6 is 24.2 Å². The van der Waals surface area contributed by atoms with Gasteiger partial charge in [-0.2, -0.15) is 0 Å². The van der Waals surface area contributed by atoms with Gasteiger partial charge in [0.25, 0.3) is 0 Å². The lowest BCUT2D eigenvalue weighted by Gasteiger charge is -2.15. The lowest BCUT2D eigenvalue weighted by molar-refractivity contribution is 0.0999. The fourth-order valence-electron chi connectivity index (χ4n) is 2.98. The smallest absolute Gasteiger partial charge is 0.249 e. The van der Waals surface area contributed by atoms with Crippen LogP contribution in [0.3, 0.4) is 0 Å². The molecule has 0 saturated carbocycles. The molecule has 0 atom stereocenters. The first kappa shape index (κ1) is 17.6. The van der Waals surface area contributed by atoms with Crippen molar-refractivity contribution >= 4 is 30.1 Å². The predicted molar refractivity (Wildman–Crippen MR) is 107 cm³/mol. The third-order valence-corrected chi connectivity index (χ3v) is 4.77. The second-order valence-electron chi connectivity index (χ2n) is 5.82. The van der Waals surface area contributed by atoms with Crippen molar-refractivity contribution in [3.05, 3.63) is 76.8 Å². The maximum Gasteiger partial charge on any atom is 0.249 e. The maximum absolute atomic E-state index is 12.0. The number of hydrogen-bond acceptors (Lipinski definition) is 2. The molecule has 3 aromatic carbocycles. The fraction of sp³-hybridized carbons (Fsp3) is 0.0952. The van der Waals surface area contributed by atoms with E-state index < -0.39 is 5.91 Å². The molecule has 0 aliphatic rings. The highest BCUT2D eigenvalue weighted by Crippen LogP contribution is 2.33. The Morgan fingerprint density at radius 3 is 2.12 bits per heavy atom. The monoisotopic (exact) mass is 367 g/mol. The van der Waals surface area contributed by atoms with Gasteiger partial charge in [-0.05, 0) is 70.6 Å². The van der Waals surface area contributed by atoms with Crippen molar-refractivity contribution < 1.29 is 4.79 Å². The van der Waals surface area contributed by atoms with Gasteiger partial charge in [-0.15, -0.1) is 12.6 Å². The second-order valence-corrected chi connectivity index (χ2v) is 6.77. The van der Waals surface area contributed by atoms with Crippen LogP contribution in [0.15, 0.2) is 65.6 Å². The van der Waals surface area contributed by atoms with Crippen molar-refractivity contribution in [3.8, 4) is 22.3 Å². The standard InChI is InChI=1S/C21H18ClNOS/c1-2-18-19(14-5-9-17(25)10-6-14)11-15(12-20(18)21(23)24)13-3-7-16(22)8-4-13/h3-12,25H,2H2,1H3,(H2,23,24). The van der Waals surface area contributed by atoms with Crippen LogP contribution in [0, 0.1) is 0 Å². The van der Waals surface area contributed by atoms with Gasteiger partial charge < -0.3 is 5.73 Å². The lowest BCUT2D eigenvalue weighted by Crippen LogP contribution is -2.14. The van der Waals surface area contributed by atoms with E-state index in [1.165, 1.54) is 0 Å². The summed E-state index contributed by atoms with van der Waals surface area (Å²) in [6.45, 7) is 2.03. The Hall–Kier alpha value is -2.23. The minimum absolute atomic E-state index is 0.417. The number of amides is 1. The molecule has 3 aromatic rings. The van der Waals surface area contributed by atoms with Crippen molar-refractivity contribution in [2.45, 2.75) is 18.2 Å². The summed E-state index contributed by atoms with van der Waals surface area (Å²) in [5.41, 5.74) is 11.1. The summed E-state index contributed by atoms with van der Waals surface area (Å²) in [6, 6.07) is 19.4. The van der Waals surface area contributed by atoms with Crippen molar-refractivity contribution in [2.75, 3.05) is 0 Å². The predicted octanol–water partition coefficient (Wildman–Crippen LogP) is 5.62. The van der Waals surface area contributed by atoms with E-state index in [9.17, 15) is 4.79 Å². The van der Waals surface area contributed by atoms with Crippen molar-refractivity contribution in [2.24, 2.45) is 5.73 Å². The van der Waals surface area contributed by atoms with E-state index in [-0.39, 0.29) is 0 Å². The van der Waals surface area contributed by atoms with Gasteiger partial charge in [0.1, 0.15) is 0 Å². The summed E-state index contributed by atoms with van der Waals surface area (Å²) >= 11 is 10.3. The second kappa shape index (κ2) is 7.34. The molecule has 0 aromatic heterocycles. The number of thiol groups is 1. The van der Waals surface area contributed by atoms with E-state index in [1.54, 1.807) is 0 Å². The zero-order valence-electron chi connectivity index (χ0n) is 13.8. The van der Waals surface area contributed by atoms with Crippen LogP contribution < -0.4 is 5.73 Å². The number of carbonyl (C=O) groups is 1. The van der Waals surface area contributed by atoms with Gasteiger partial charge in [0.2, 0.25) is 5.91 Å². The van der Waals surface area contributed by atoms with Gasteiger partial charge in [0.05, 0.1) is 0 Å². The van der Waals surface area contributed by atoms with E-state index in [4.69, 9.17) is 17.3 Å². The summed E-state index contributed by atoms with van der Waals surface area (Å²) in [6.07, 6.45) is 0.719. The van der Waals surface area contributed by atoms with Gasteiger partial charge in [-0.3, -0.25) is 4.79 Å². The molecule has 0 unspecified atom stereocenters. The first-order chi connectivity index (χ1) is 12.0. The number of rotatable bonds is 4. The van der Waals surface area contributed by atoms with Gasteiger partial charge in [0, 0.05) is 15.5 Å². The van der Waals surface area contributed by atoms with Crippen molar-refractivity contribution in [1.82, 2.24) is 0 Å². The lowest BCUT2D eigenvalue weighted by atomic mass is 9.89. The van der Waals surface area contributed by atoms with Crippen LogP contribution in [0.4, 0.5) is 0 Å². The zero-order chi connectivity index (χ0) is 18.0. The van der Waals surface area contributed by atoms with Crippen LogP contribution in [0.2, 0.25) is 5.02 Å². The molecule has 2 nitrogen and oxygen atoms in total. The molecule has 2 N–H and O–H groups in total. The molecule has 0 fully saturated rings. The Balaban J connectivity index is 2.26. The van der Waals surface area contributed by atoms with Crippen LogP contribution in [0.5, 0.6) is 0 Å². The van der Waals surface area contributed by atoms with E-state index in [2.05, 4.69) is 18.7 Å². The van der Waals surface area contributed by atoms with Gasteiger partial charge in [0.15, 0.2) is 0 Å². The Labute approximate surface area is 158 Å². The number of hydrogen-bond donors (Lipinski definition) is 2. The first-order valence-electron chi connectivity index (χ1n) is 8.01. The van der Waals surface area contributed by atoms with E-state index in [0.29, 0.717) is 10.6 Å². The number of benzene rings is 3. The van der Waals surface area contributed by atoms with Crippen LogP contribution in [-0.4, -0.2) is 5.91 Å². The molecule has 0 bridgehead atoms. The highest BCUT2D eigenvalue weighted by Gasteiger charge is 2.15. The molecule has 1 amide bonds. The maximum atomic E-state index is 12.0. The van der Waals surface area contributed by atoms with Crippen LogP contribution in [0.25, 0.3) is 22.3 Å². The minimum atomic E-state index is -0.417. The summed E-state index contributed by atoms with van der Waals surface area (Å²) in [5.74, 6) is -0.417. The number of primary amides is 1. The molecule has 0 aliphatic heterocycles. The zero-order valence-corrected chi connectivity index (χ0v) is 15.4. The van der Waals surface area contributed by atoms with E-state index >= 15 is 0 Å². The molecular weight excluding hydrogens is 350 g/mol. The Bertz CT molecular complexity index is 918. The number of halogens is 1. The SMILES string of the molecule is CCc1c(C(N)=O)cc(-c2ccc(Cl)cc2)cc1-c1ccc(S)cc1. The molecule has 126 valence electrons. The van der Waals surface area contributed by atoms with Gasteiger partial charge >= 0.3 is 0 Å². The summed E-state index contributed by atoms with van der Waals surface area (Å²) in [4.78, 5) is 12.9. The normalized spacial score (nSPS) is 10.7. The van der Waals surface area contributed by atoms with E-state index in [0.717, 1.165) is 39.1 Å². The number of nitrogens with two attached hydrogens (primary N) is 1. The highest BCUT2D eigenvalue weighted by atomic mass is 35.5. The largest absolute Gasteiger partial charge is 0.366 e. The average molecular weight is 368 g/mol. The topological polar surface area (TPSA) is 43.1 Å². The molecule has 4 heteroatoms. The highest BCUT2D eigenvalue weighted by molar-refractivity contribution is 7.80. The Morgan fingerprint density at radius 1 is 0.960 bits per heavy atom. The third kappa shape index (κ3) is 3.73.